The molecule has 2 aliphatic rings. The van der Waals surface area contributed by atoms with Crippen LogP contribution in [0.15, 0.2) is 18.2 Å². The van der Waals surface area contributed by atoms with Gasteiger partial charge < -0.3 is 10.6 Å². The summed E-state index contributed by atoms with van der Waals surface area (Å²) in [6.45, 7) is 1.80. The average molecular weight is 306 g/mol. The van der Waals surface area contributed by atoms with Crippen molar-refractivity contribution in [2.45, 2.75) is 32.2 Å². The summed E-state index contributed by atoms with van der Waals surface area (Å²) >= 11 is 5.07. The third-order valence-corrected chi connectivity index (χ3v) is 5.42. The van der Waals surface area contributed by atoms with Gasteiger partial charge in [-0.25, -0.2) is 4.39 Å². The lowest BCUT2D eigenvalue weighted by molar-refractivity contribution is 0.214. The zero-order valence-electron chi connectivity index (χ0n) is 12.5. The molecule has 2 bridgehead atoms. The van der Waals surface area contributed by atoms with Crippen LogP contribution in [-0.4, -0.2) is 23.5 Å². The van der Waals surface area contributed by atoms with E-state index in [1.54, 1.807) is 12.1 Å². The van der Waals surface area contributed by atoms with Crippen LogP contribution in [0.5, 0.6) is 0 Å². The lowest BCUT2D eigenvalue weighted by atomic mass is 9.88. The van der Waals surface area contributed by atoms with Crippen LogP contribution in [0.2, 0.25) is 0 Å². The molecule has 3 atom stereocenters. The summed E-state index contributed by atoms with van der Waals surface area (Å²) in [5.74, 6) is 2.48. The smallest absolute Gasteiger partial charge is 0.123 e. The number of halogens is 1. The van der Waals surface area contributed by atoms with E-state index >= 15 is 0 Å². The molecule has 0 aliphatic heterocycles. The van der Waals surface area contributed by atoms with Crippen LogP contribution in [0.4, 0.5) is 4.39 Å². The quantitative estimate of drug-likeness (QED) is 0.846. The fourth-order valence-corrected chi connectivity index (χ4v) is 4.49. The lowest BCUT2D eigenvalue weighted by Crippen LogP contribution is -2.29. The van der Waals surface area contributed by atoms with Crippen LogP contribution < -0.4 is 5.73 Å². The minimum absolute atomic E-state index is 0.224. The first-order chi connectivity index (χ1) is 10.0. The molecule has 2 nitrogen and oxygen atoms in total. The molecule has 0 heterocycles. The van der Waals surface area contributed by atoms with E-state index < -0.39 is 0 Å². The van der Waals surface area contributed by atoms with Crippen LogP contribution in [0.1, 0.15) is 36.8 Å². The monoisotopic (exact) mass is 306 g/mol. The fraction of sp³-hybridized carbons (Fsp3) is 0.588. The second-order valence-corrected chi connectivity index (χ2v) is 7.24. The Balaban J connectivity index is 1.65. The van der Waals surface area contributed by atoms with E-state index in [1.807, 2.05) is 0 Å². The van der Waals surface area contributed by atoms with Gasteiger partial charge in [-0.3, -0.25) is 0 Å². The van der Waals surface area contributed by atoms with Gasteiger partial charge in [-0.05, 0) is 67.8 Å². The van der Waals surface area contributed by atoms with Gasteiger partial charge in [0.15, 0.2) is 0 Å². The Morgan fingerprint density at radius 3 is 2.81 bits per heavy atom. The van der Waals surface area contributed by atoms with E-state index in [1.165, 1.54) is 31.7 Å². The van der Waals surface area contributed by atoms with Crippen LogP contribution in [-0.2, 0) is 6.54 Å². The summed E-state index contributed by atoms with van der Waals surface area (Å²) in [6, 6.07) is 4.68. The minimum Gasteiger partial charge on any atom is -0.389 e. The Morgan fingerprint density at radius 1 is 1.38 bits per heavy atom. The molecule has 2 saturated carbocycles. The molecule has 21 heavy (non-hydrogen) atoms. The van der Waals surface area contributed by atoms with E-state index in [9.17, 15) is 4.39 Å². The Hall–Kier alpha value is -1.00. The van der Waals surface area contributed by atoms with Gasteiger partial charge >= 0.3 is 0 Å². The number of benzene rings is 1. The molecule has 0 saturated heterocycles. The van der Waals surface area contributed by atoms with Gasteiger partial charge in [-0.2, -0.15) is 0 Å². The first-order valence-electron chi connectivity index (χ1n) is 7.79. The van der Waals surface area contributed by atoms with Crippen molar-refractivity contribution in [2.75, 3.05) is 13.6 Å². The first kappa shape index (κ1) is 14.9. The molecule has 1 aromatic carbocycles. The van der Waals surface area contributed by atoms with Gasteiger partial charge in [-0.1, -0.05) is 18.6 Å². The summed E-state index contributed by atoms with van der Waals surface area (Å²) in [4.78, 5) is 2.64. The SMILES string of the molecule is CN(Cc1cc(F)ccc1C(N)=S)CC1CC2CCC1C2. The van der Waals surface area contributed by atoms with E-state index in [4.69, 9.17) is 18.0 Å². The lowest BCUT2D eigenvalue weighted by Gasteiger charge is -2.27. The van der Waals surface area contributed by atoms with Crippen molar-refractivity contribution in [1.82, 2.24) is 4.90 Å². The fourth-order valence-electron chi connectivity index (χ4n) is 4.29. The van der Waals surface area contributed by atoms with Crippen molar-refractivity contribution in [3.8, 4) is 0 Å². The number of nitrogens with zero attached hydrogens (tertiary/aromatic N) is 1. The summed E-state index contributed by atoms with van der Waals surface area (Å²) in [5.41, 5.74) is 7.44. The molecule has 0 amide bonds. The third kappa shape index (κ3) is 3.27. The van der Waals surface area contributed by atoms with Crippen LogP contribution in [0.25, 0.3) is 0 Å². The van der Waals surface area contributed by atoms with E-state index in [0.29, 0.717) is 11.5 Å². The van der Waals surface area contributed by atoms with Crippen LogP contribution >= 0.6 is 12.2 Å². The second-order valence-electron chi connectivity index (χ2n) is 6.80. The molecule has 114 valence electrons. The molecule has 0 aromatic heterocycles. The molecular weight excluding hydrogens is 283 g/mol. The van der Waals surface area contributed by atoms with Crippen molar-refractivity contribution < 1.29 is 4.39 Å². The maximum absolute atomic E-state index is 13.5. The Labute approximate surface area is 131 Å². The third-order valence-electron chi connectivity index (χ3n) is 5.20. The van der Waals surface area contributed by atoms with Crippen molar-refractivity contribution in [2.24, 2.45) is 23.5 Å². The number of rotatable bonds is 5. The second kappa shape index (κ2) is 6.01. The van der Waals surface area contributed by atoms with Crippen molar-refractivity contribution in [1.29, 1.82) is 0 Å². The number of nitrogens with two attached hydrogens (primary N) is 1. The Kier molecular flexibility index (Phi) is 4.27. The Morgan fingerprint density at radius 2 is 2.19 bits per heavy atom. The minimum atomic E-state index is -0.224. The molecular formula is C17H23FN2S. The van der Waals surface area contributed by atoms with Crippen LogP contribution in [0.3, 0.4) is 0 Å². The maximum atomic E-state index is 13.5. The van der Waals surface area contributed by atoms with E-state index in [-0.39, 0.29) is 5.82 Å². The predicted molar refractivity (Wildman–Crippen MR) is 87.6 cm³/mol. The van der Waals surface area contributed by atoms with Gasteiger partial charge in [0.1, 0.15) is 10.8 Å². The zero-order valence-corrected chi connectivity index (χ0v) is 13.3. The van der Waals surface area contributed by atoms with Gasteiger partial charge in [-0.15, -0.1) is 0 Å². The van der Waals surface area contributed by atoms with E-state index in [0.717, 1.165) is 35.4 Å². The summed E-state index contributed by atoms with van der Waals surface area (Å²) in [6.07, 6.45) is 5.64. The maximum Gasteiger partial charge on any atom is 0.123 e. The predicted octanol–water partition coefficient (Wildman–Crippen LogP) is 3.33. The Bertz CT molecular complexity index is 546. The van der Waals surface area contributed by atoms with Crippen molar-refractivity contribution >= 4 is 17.2 Å². The molecule has 2 fully saturated rings. The summed E-state index contributed by atoms with van der Waals surface area (Å²) in [7, 11) is 2.11. The highest BCUT2D eigenvalue weighted by Crippen LogP contribution is 2.48. The highest BCUT2D eigenvalue weighted by molar-refractivity contribution is 7.80. The summed E-state index contributed by atoms with van der Waals surface area (Å²) < 4.78 is 13.5. The van der Waals surface area contributed by atoms with Gasteiger partial charge in [0.05, 0.1) is 0 Å². The van der Waals surface area contributed by atoms with E-state index in [2.05, 4.69) is 11.9 Å². The van der Waals surface area contributed by atoms with Gasteiger partial charge in [0.25, 0.3) is 0 Å². The van der Waals surface area contributed by atoms with Gasteiger partial charge in [0, 0.05) is 18.7 Å². The van der Waals surface area contributed by atoms with Crippen LogP contribution in [0, 0.1) is 23.6 Å². The molecule has 3 rings (SSSR count). The largest absolute Gasteiger partial charge is 0.389 e. The number of hydrogen-bond donors (Lipinski definition) is 1. The van der Waals surface area contributed by atoms with Crippen molar-refractivity contribution in [3.63, 3.8) is 0 Å². The molecule has 2 N–H and O–H groups in total. The normalized spacial score (nSPS) is 27.5. The highest BCUT2D eigenvalue weighted by atomic mass is 32.1. The molecule has 0 radical (unpaired) electrons. The zero-order chi connectivity index (χ0) is 15.0. The van der Waals surface area contributed by atoms with Gasteiger partial charge in [0.2, 0.25) is 0 Å². The molecule has 1 aromatic rings. The highest BCUT2D eigenvalue weighted by Gasteiger charge is 2.39. The number of hydrogen-bond acceptors (Lipinski definition) is 2. The standard InChI is InChI=1S/C17H23FN2S/c1-20(9-13-7-11-2-3-12(13)6-11)10-14-8-15(18)4-5-16(14)17(19)21/h4-5,8,11-13H,2-3,6-7,9-10H2,1H3,(H2,19,21). The summed E-state index contributed by atoms with van der Waals surface area (Å²) in [5, 5.41) is 0. The van der Waals surface area contributed by atoms with Crippen molar-refractivity contribution in [3.05, 3.63) is 35.1 Å². The number of fused-ring (bicyclic) bond motifs is 2. The molecule has 4 heteroatoms. The molecule has 3 unspecified atom stereocenters. The topological polar surface area (TPSA) is 29.3 Å². The first-order valence-corrected chi connectivity index (χ1v) is 8.20. The number of thiocarbonyl (C=S) groups is 1. The molecule has 2 aliphatic carbocycles. The molecule has 0 spiro atoms. The average Bonchev–Trinajstić information content (AvgIpc) is 3.00.